The van der Waals surface area contributed by atoms with Crippen molar-refractivity contribution in [3.63, 3.8) is 0 Å². The zero-order chi connectivity index (χ0) is 14.5. The van der Waals surface area contributed by atoms with Crippen molar-refractivity contribution in [1.29, 1.82) is 0 Å². The topological polar surface area (TPSA) is 92.4 Å². The van der Waals surface area contributed by atoms with Crippen molar-refractivity contribution in [3.05, 3.63) is 0 Å². The van der Waals surface area contributed by atoms with Crippen LogP contribution in [0, 0.1) is 5.92 Å². The SMILES string of the molecule is CCCC(CC(=O)O)NC(=O)C1(N)CCCC(C)C1. The average Bonchev–Trinajstić information content (AvgIpc) is 2.27. The molecule has 4 N–H and O–H groups in total. The third-order valence-corrected chi connectivity index (χ3v) is 3.88. The van der Waals surface area contributed by atoms with Crippen LogP contribution in [0.3, 0.4) is 0 Å². The van der Waals surface area contributed by atoms with Crippen LogP contribution in [0.4, 0.5) is 0 Å². The van der Waals surface area contributed by atoms with Gasteiger partial charge in [0.15, 0.2) is 0 Å². The van der Waals surface area contributed by atoms with E-state index in [0.29, 0.717) is 25.2 Å². The fraction of sp³-hybridized carbons (Fsp3) is 0.857. The smallest absolute Gasteiger partial charge is 0.305 e. The first-order valence-corrected chi connectivity index (χ1v) is 7.19. The normalized spacial score (nSPS) is 28.7. The third kappa shape index (κ3) is 4.82. The van der Waals surface area contributed by atoms with Crippen molar-refractivity contribution in [2.75, 3.05) is 0 Å². The molecule has 5 nitrogen and oxygen atoms in total. The van der Waals surface area contributed by atoms with E-state index in [0.717, 1.165) is 19.3 Å². The molecule has 0 aromatic rings. The molecule has 0 heterocycles. The second kappa shape index (κ2) is 6.89. The highest BCUT2D eigenvalue weighted by molar-refractivity contribution is 5.86. The lowest BCUT2D eigenvalue weighted by Gasteiger charge is -2.36. The zero-order valence-electron chi connectivity index (χ0n) is 11.9. The van der Waals surface area contributed by atoms with Gasteiger partial charge in [-0.15, -0.1) is 0 Å². The first kappa shape index (κ1) is 16.0. The van der Waals surface area contributed by atoms with Crippen LogP contribution >= 0.6 is 0 Å². The Morgan fingerprint density at radius 2 is 2.21 bits per heavy atom. The van der Waals surface area contributed by atoms with E-state index in [1.54, 1.807) is 0 Å². The Morgan fingerprint density at radius 3 is 2.74 bits per heavy atom. The highest BCUT2D eigenvalue weighted by Gasteiger charge is 2.38. The lowest BCUT2D eigenvalue weighted by molar-refractivity contribution is -0.138. The van der Waals surface area contributed by atoms with Crippen LogP contribution in [-0.2, 0) is 9.59 Å². The monoisotopic (exact) mass is 270 g/mol. The number of aliphatic carboxylic acids is 1. The van der Waals surface area contributed by atoms with Crippen molar-refractivity contribution >= 4 is 11.9 Å². The van der Waals surface area contributed by atoms with Crippen LogP contribution in [-0.4, -0.2) is 28.6 Å². The molecule has 1 rings (SSSR count). The first-order valence-electron chi connectivity index (χ1n) is 7.19. The van der Waals surface area contributed by atoms with Gasteiger partial charge in [-0.1, -0.05) is 33.1 Å². The van der Waals surface area contributed by atoms with E-state index in [1.807, 2.05) is 6.92 Å². The summed E-state index contributed by atoms with van der Waals surface area (Å²) in [5, 5.41) is 11.7. The number of carboxylic acids is 1. The number of rotatable bonds is 6. The number of amides is 1. The molecule has 0 aromatic carbocycles. The fourth-order valence-corrected chi connectivity index (χ4v) is 2.91. The van der Waals surface area contributed by atoms with E-state index in [2.05, 4.69) is 12.2 Å². The Balaban J connectivity index is 2.61. The summed E-state index contributed by atoms with van der Waals surface area (Å²) >= 11 is 0. The van der Waals surface area contributed by atoms with Crippen molar-refractivity contribution in [3.8, 4) is 0 Å². The second-order valence-corrected chi connectivity index (χ2v) is 5.91. The molecule has 0 spiro atoms. The van der Waals surface area contributed by atoms with Gasteiger partial charge >= 0.3 is 5.97 Å². The van der Waals surface area contributed by atoms with Gasteiger partial charge in [0.25, 0.3) is 0 Å². The molecule has 19 heavy (non-hydrogen) atoms. The molecule has 0 bridgehead atoms. The van der Waals surface area contributed by atoms with Gasteiger partial charge in [-0.25, -0.2) is 0 Å². The summed E-state index contributed by atoms with van der Waals surface area (Å²) in [6.45, 7) is 4.08. The summed E-state index contributed by atoms with van der Waals surface area (Å²) in [6, 6.07) is -0.312. The molecule has 3 atom stereocenters. The lowest BCUT2D eigenvalue weighted by atomic mass is 9.76. The van der Waals surface area contributed by atoms with Gasteiger partial charge in [0.1, 0.15) is 0 Å². The fourth-order valence-electron chi connectivity index (χ4n) is 2.91. The molecule has 5 heteroatoms. The molecule has 3 unspecified atom stereocenters. The molecule has 0 saturated heterocycles. The number of carbonyl (C=O) groups excluding carboxylic acids is 1. The van der Waals surface area contributed by atoms with Crippen LogP contribution < -0.4 is 11.1 Å². The lowest BCUT2D eigenvalue weighted by Crippen LogP contribution is -2.58. The highest BCUT2D eigenvalue weighted by Crippen LogP contribution is 2.30. The molecule has 1 amide bonds. The van der Waals surface area contributed by atoms with Crippen LogP contribution in [0.1, 0.15) is 58.8 Å². The number of carbonyl (C=O) groups is 2. The maximum absolute atomic E-state index is 12.3. The molecule has 1 aliphatic rings. The van der Waals surface area contributed by atoms with E-state index in [-0.39, 0.29) is 18.4 Å². The number of hydrogen-bond donors (Lipinski definition) is 3. The highest BCUT2D eigenvalue weighted by atomic mass is 16.4. The van der Waals surface area contributed by atoms with Crippen molar-refractivity contribution in [2.45, 2.75) is 70.4 Å². The zero-order valence-corrected chi connectivity index (χ0v) is 11.9. The number of carboxylic acid groups (broad SMARTS) is 1. The second-order valence-electron chi connectivity index (χ2n) is 5.91. The average molecular weight is 270 g/mol. The van der Waals surface area contributed by atoms with Crippen LogP contribution in [0.15, 0.2) is 0 Å². The molecular formula is C14H26N2O3. The molecule has 0 aliphatic heterocycles. The van der Waals surface area contributed by atoms with Crippen LogP contribution in [0.25, 0.3) is 0 Å². The molecule has 0 aromatic heterocycles. The maximum Gasteiger partial charge on any atom is 0.305 e. The standard InChI is InChI=1S/C14H26N2O3/c1-3-5-11(8-12(17)18)16-13(19)14(15)7-4-6-10(2)9-14/h10-11H,3-9,15H2,1-2H3,(H,16,19)(H,17,18). The van der Waals surface area contributed by atoms with Crippen molar-refractivity contribution < 1.29 is 14.7 Å². The Kier molecular flexibility index (Phi) is 5.79. The minimum Gasteiger partial charge on any atom is -0.481 e. The number of hydrogen-bond acceptors (Lipinski definition) is 3. The molecular weight excluding hydrogens is 244 g/mol. The van der Waals surface area contributed by atoms with Crippen molar-refractivity contribution in [2.24, 2.45) is 11.7 Å². The van der Waals surface area contributed by atoms with Gasteiger partial charge in [-0.3, -0.25) is 9.59 Å². The summed E-state index contributed by atoms with van der Waals surface area (Å²) in [5.74, 6) is -0.616. The number of nitrogens with two attached hydrogens (primary N) is 1. The Morgan fingerprint density at radius 1 is 1.53 bits per heavy atom. The Labute approximate surface area is 114 Å². The van der Waals surface area contributed by atoms with Crippen LogP contribution in [0.5, 0.6) is 0 Å². The molecule has 110 valence electrons. The van der Waals surface area contributed by atoms with E-state index in [1.165, 1.54) is 0 Å². The quantitative estimate of drug-likeness (QED) is 0.684. The summed E-state index contributed by atoms with van der Waals surface area (Å²) in [7, 11) is 0. The van der Waals surface area contributed by atoms with Gasteiger partial charge in [0.2, 0.25) is 5.91 Å². The minimum atomic E-state index is -0.887. The summed E-state index contributed by atoms with van der Waals surface area (Å²) in [4.78, 5) is 23.1. The predicted molar refractivity (Wildman–Crippen MR) is 73.6 cm³/mol. The van der Waals surface area contributed by atoms with Gasteiger partial charge in [-0.05, 0) is 25.2 Å². The minimum absolute atomic E-state index is 0.0365. The van der Waals surface area contributed by atoms with E-state index >= 15 is 0 Å². The largest absolute Gasteiger partial charge is 0.481 e. The molecule has 1 saturated carbocycles. The number of nitrogens with one attached hydrogen (secondary N) is 1. The summed E-state index contributed by atoms with van der Waals surface area (Å²) in [5.41, 5.74) is 5.39. The van der Waals surface area contributed by atoms with E-state index in [9.17, 15) is 9.59 Å². The molecule has 1 aliphatic carbocycles. The van der Waals surface area contributed by atoms with Gasteiger partial charge in [-0.2, -0.15) is 0 Å². The van der Waals surface area contributed by atoms with E-state index < -0.39 is 11.5 Å². The van der Waals surface area contributed by atoms with Crippen molar-refractivity contribution in [1.82, 2.24) is 5.32 Å². The Bertz CT molecular complexity index is 333. The predicted octanol–water partition coefficient (Wildman–Crippen LogP) is 1.65. The Hall–Kier alpha value is -1.10. The van der Waals surface area contributed by atoms with Gasteiger partial charge in [0, 0.05) is 6.04 Å². The van der Waals surface area contributed by atoms with Gasteiger partial charge < -0.3 is 16.2 Å². The summed E-state index contributed by atoms with van der Waals surface area (Å²) < 4.78 is 0. The first-order chi connectivity index (χ1) is 8.87. The molecule has 0 radical (unpaired) electrons. The molecule has 1 fully saturated rings. The third-order valence-electron chi connectivity index (χ3n) is 3.88. The van der Waals surface area contributed by atoms with Crippen LogP contribution in [0.2, 0.25) is 0 Å². The van der Waals surface area contributed by atoms with Gasteiger partial charge in [0.05, 0.1) is 12.0 Å². The maximum atomic E-state index is 12.3. The van der Waals surface area contributed by atoms with E-state index in [4.69, 9.17) is 10.8 Å². The summed E-state index contributed by atoms with van der Waals surface area (Å²) in [6.07, 6.45) is 4.92.